The van der Waals surface area contributed by atoms with Crippen LogP contribution in [0, 0.1) is 5.41 Å². The van der Waals surface area contributed by atoms with Gasteiger partial charge in [-0.3, -0.25) is 0 Å². The summed E-state index contributed by atoms with van der Waals surface area (Å²) in [5.41, 5.74) is 21.8. The zero-order chi connectivity index (χ0) is 48.6. The molecule has 0 aromatic heterocycles. The number of para-hydroxylation sites is 2. The van der Waals surface area contributed by atoms with E-state index in [0.29, 0.717) is 0 Å². The molecule has 3 heterocycles. The predicted molar refractivity (Wildman–Crippen MR) is 299 cm³/mol. The van der Waals surface area contributed by atoms with Crippen molar-refractivity contribution in [2.45, 2.75) is 143 Å². The topological polar surface area (TPSA) is 9.72 Å². The Morgan fingerprint density at radius 1 is 0.435 bits per heavy atom. The number of hydrogen-bond acceptors (Lipinski definition) is 3. The minimum absolute atomic E-state index is 0.0102. The third kappa shape index (κ3) is 6.81. The Kier molecular flexibility index (Phi) is 10.2. The Hall–Kier alpha value is -6.00. The van der Waals surface area contributed by atoms with E-state index in [1.165, 1.54) is 115 Å². The molecule has 0 N–H and O–H groups in total. The lowest BCUT2D eigenvalue weighted by Crippen LogP contribution is -2.67. The molecule has 7 aromatic rings. The standard InChI is InChI=1S/C65H72BN3/c1-60(2,3)44-29-33-47(34-30-44)67-56-36-32-46(62(7,8)9)40-52(56)66-51-26-18-20-28-55(51)68(53-35-31-45(61(4,5)6)39-49(53)43-23-15-14-16-24-43)58-42-48(41-57(67)59(58)66)69-54-27-19-17-25-50(54)63(10,11)64(12)37-21-22-38-65(64,69)13/h14-20,23-36,39-42H,21-22,37-38H2,1-13H3. The monoisotopic (exact) mass is 906 g/mol. The second kappa shape index (κ2) is 15.5. The Labute approximate surface area is 414 Å². The molecule has 1 saturated carbocycles. The van der Waals surface area contributed by atoms with Gasteiger partial charge in [0.1, 0.15) is 0 Å². The smallest absolute Gasteiger partial charge is 0.252 e. The van der Waals surface area contributed by atoms with Crippen LogP contribution in [0.5, 0.6) is 0 Å². The number of fused-ring (bicyclic) bond motifs is 6. The van der Waals surface area contributed by atoms with Crippen LogP contribution < -0.4 is 31.1 Å². The van der Waals surface area contributed by atoms with E-state index in [1.807, 2.05) is 0 Å². The first kappa shape index (κ1) is 45.4. The third-order valence-electron chi connectivity index (χ3n) is 17.7. The van der Waals surface area contributed by atoms with Crippen molar-refractivity contribution in [2.24, 2.45) is 5.41 Å². The maximum atomic E-state index is 2.83. The van der Waals surface area contributed by atoms with E-state index in [4.69, 9.17) is 0 Å². The van der Waals surface area contributed by atoms with Crippen molar-refractivity contribution in [2.75, 3.05) is 14.7 Å². The number of anilines is 8. The molecule has 0 amide bonds. The Morgan fingerprint density at radius 2 is 0.971 bits per heavy atom. The van der Waals surface area contributed by atoms with Gasteiger partial charge in [-0.2, -0.15) is 0 Å². The highest BCUT2D eigenvalue weighted by atomic mass is 15.3. The Bertz CT molecular complexity index is 3140. The summed E-state index contributed by atoms with van der Waals surface area (Å²) < 4.78 is 0. The van der Waals surface area contributed by atoms with Crippen LogP contribution in [0.2, 0.25) is 0 Å². The van der Waals surface area contributed by atoms with E-state index < -0.39 is 0 Å². The van der Waals surface area contributed by atoms with Crippen molar-refractivity contribution in [1.29, 1.82) is 0 Å². The molecule has 0 radical (unpaired) electrons. The van der Waals surface area contributed by atoms with Gasteiger partial charge in [0, 0.05) is 56.3 Å². The molecule has 350 valence electrons. The Morgan fingerprint density at radius 3 is 1.64 bits per heavy atom. The molecule has 4 heteroatoms. The van der Waals surface area contributed by atoms with E-state index in [2.05, 4.69) is 256 Å². The van der Waals surface area contributed by atoms with Crippen LogP contribution >= 0.6 is 0 Å². The van der Waals surface area contributed by atoms with Crippen LogP contribution in [-0.4, -0.2) is 12.3 Å². The fourth-order valence-corrected chi connectivity index (χ4v) is 13.2. The normalized spacial score (nSPS) is 20.4. The molecule has 0 bridgehead atoms. The third-order valence-corrected chi connectivity index (χ3v) is 17.7. The highest BCUT2D eigenvalue weighted by molar-refractivity contribution is 7.00. The van der Waals surface area contributed by atoms with Gasteiger partial charge in [0.25, 0.3) is 6.71 Å². The second-order valence-electron chi connectivity index (χ2n) is 25.0. The van der Waals surface area contributed by atoms with Crippen LogP contribution in [0.1, 0.15) is 138 Å². The summed E-state index contributed by atoms with van der Waals surface area (Å²) in [4.78, 5) is 8.11. The fourth-order valence-electron chi connectivity index (χ4n) is 13.2. The first-order valence-electron chi connectivity index (χ1n) is 25.9. The van der Waals surface area contributed by atoms with Crippen LogP contribution in [0.25, 0.3) is 11.1 Å². The molecule has 11 rings (SSSR count). The molecule has 3 aliphatic heterocycles. The molecule has 1 fully saturated rings. The lowest BCUT2D eigenvalue weighted by Gasteiger charge is -2.66. The van der Waals surface area contributed by atoms with Crippen LogP contribution in [0.3, 0.4) is 0 Å². The molecule has 4 aliphatic rings. The maximum absolute atomic E-state index is 2.83. The van der Waals surface area contributed by atoms with E-state index in [0.717, 1.165) is 6.42 Å². The molecular formula is C65H72BN3. The van der Waals surface area contributed by atoms with Gasteiger partial charge in [-0.05, 0) is 140 Å². The number of rotatable bonds is 4. The molecule has 69 heavy (non-hydrogen) atoms. The van der Waals surface area contributed by atoms with Crippen molar-refractivity contribution < 1.29 is 0 Å². The summed E-state index contributed by atoms with van der Waals surface area (Å²) in [5.74, 6) is 0. The minimum atomic E-state index is -0.155. The zero-order valence-electron chi connectivity index (χ0n) is 43.7. The summed E-state index contributed by atoms with van der Waals surface area (Å²) in [5, 5.41) is 0. The van der Waals surface area contributed by atoms with Gasteiger partial charge >= 0.3 is 0 Å². The zero-order valence-corrected chi connectivity index (χ0v) is 43.7. The second-order valence-corrected chi connectivity index (χ2v) is 25.0. The number of nitrogens with zero attached hydrogens (tertiary/aromatic N) is 3. The van der Waals surface area contributed by atoms with Gasteiger partial charge in [-0.15, -0.1) is 0 Å². The summed E-state index contributed by atoms with van der Waals surface area (Å²) in [6.45, 7) is 31.3. The van der Waals surface area contributed by atoms with Gasteiger partial charge in [-0.25, -0.2) is 0 Å². The first-order chi connectivity index (χ1) is 32.6. The average molecular weight is 906 g/mol. The lowest BCUT2D eigenvalue weighted by atomic mass is 9.33. The van der Waals surface area contributed by atoms with Gasteiger partial charge in [-0.1, -0.05) is 193 Å². The summed E-state index contributed by atoms with van der Waals surface area (Å²) in [6, 6.07) is 59.2. The van der Waals surface area contributed by atoms with Crippen molar-refractivity contribution in [3.63, 3.8) is 0 Å². The summed E-state index contributed by atoms with van der Waals surface area (Å²) >= 11 is 0. The van der Waals surface area contributed by atoms with Crippen molar-refractivity contribution >= 4 is 68.6 Å². The highest BCUT2D eigenvalue weighted by Gasteiger charge is 2.62. The van der Waals surface area contributed by atoms with E-state index in [9.17, 15) is 0 Å². The molecule has 2 unspecified atom stereocenters. The number of hydrogen-bond donors (Lipinski definition) is 0. The molecular weight excluding hydrogens is 834 g/mol. The lowest BCUT2D eigenvalue weighted by molar-refractivity contribution is 0.0106. The molecule has 0 spiro atoms. The SMILES string of the molecule is CC(C)(C)c1ccc(N2c3ccc(C(C)(C)C)cc3B3c4ccccc4N(c4ccc(C(C)(C)C)cc4-c4ccccc4)c4cc(N5c6ccccc6C(C)(C)C6(C)CCCCC56C)cc2c43)cc1. The van der Waals surface area contributed by atoms with Gasteiger partial charge < -0.3 is 14.7 Å². The predicted octanol–water partition coefficient (Wildman–Crippen LogP) is 16.1. The van der Waals surface area contributed by atoms with Crippen LogP contribution in [0.4, 0.5) is 45.5 Å². The molecule has 3 nitrogen and oxygen atoms in total. The average Bonchev–Trinajstić information content (AvgIpc) is 3.31. The van der Waals surface area contributed by atoms with Crippen molar-refractivity contribution in [3.05, 3.63) is 174 Å². The van der Waals surface area contributed by atoms with Crippen LogP contribution in [0.15, 0.2) is 152 Å². The number of benzene rings is 7. The van der Waals surface area contributed by atoms with E-state index in [-0.39, 0.29) is 39.3 Å². The highest BCUT2D eigenvalue weighted by Crippen LogP contribution is 2.65. The van der Waals surface area contributed by atoms with E-state index >= 15 is 0 Å². The van der Waals surface area contributed by atoms with Crippen molar-refractivity contribution in [1.82, 2.24) is 0 Å². The quantitative estimate of drug-likeness (QED) is 0.163. The fraction of sp³-hybridized carbons (Fsp3) is 0.354. The molecule has 0 saturated heterocycles. The van der Waals surface area contributed by atoms with Crippen molar-refractivity contribution in [3.8, 4) is 11.1 Å². The van der Waals surface area contributed by atoms with Crippen LogP contribution in [-0.2, 0) is 21.7 Å². The Balaban J connectivity index is 1.29. The van der Waals surface area contributed by atoms with Gasteiger partial charge in [0.2, 0.25) is 0 Å². The molecule has 7 aromatic carbocycles. The van der Waals surface area contributed by atoms with Gasteiger partial charge in [0.15, 0.2) is 0 Å². The molecule has 2 atom stereocenters. The minimum Gasteiger partial charge on any atom is -0.335 e. The molecule has 1 aliphatic carbocycles. The maximum Gasteiger partial charge on any atom is 0.252 e. The first-order valence-corrected chi connectivity index (χ1v) is 25.9. The van der Waals surface area contributed by atoms with E-state index in [1.54, 1.807) is 0 Å². The summed E-state index contributed by atoms with van der Waals surface area (Å²) in [7, 11) is 0. The largest absolute Gasteiger partial charge is 0.335 e. The van der Waals surface area contributed by atoms with Gasteiger partial charge in [0.05, 0.1) is 5.69 Å². The summed E-state index contributed by atoms with van der Waals surface area (Å²) in [6.07, 6.45) is 4.80.